The van der Waals surface area contributed by atoms with Gasteiger partial charge in [0.25, 0.3) is 0 Å². The van der Waals surface area contributed by atoms with Gasteiger partial charge in [0.05, 0.1) is 0 Å². The normalized spacial score (nSPS) is 32.2. The Morgan fingerprint density at radius 1 is 1.45 bits per heavy atom. The minimum atomic E-state index is -0.272. The van der Waals surface area contributed by atoms with Crippen LogP contribution in [0.3, 0.4) is 0 Å². The number of rotatable bonds is 3. The lowest BCUT2D eigenvalue weighted by atomic mass is 9.92. The standard InChI is InChI=1S/C8H17FN2/c9-4-5-11-8-3-1-2-7(10)6-8/h7-8,11H,1-6,10H2/t7-,8-/m0/s1. The fourth-order valence-corrected chi connectivity index (χ4v) is 1.67. The molecular formula is C8H17FN2. The Kier molecular flexibility index (Phi) is 3.80. The summed E-state index contributed by atoms with van der Waals surface area (Å²) in [7, 11) is 0. The van der Waals surface area contributed by atoms with E-state index in [4.69, 9.17) is 5.73 Å². The van der Waals surface area contributed by atoms with Crippen LogP contribution in [0.4, 0.5) is 4.39 Å². The van der Waals surface area contributed by atoms with Gasteiger partial charge in [-0.05, 0) is 19.3 Å². The van der Waals surface area contributed by atoms with Gasteiger partial charge in [0.1, 0.15) is 6.67 Å². The Bertz CT molecular complexity index is 108. The lowest BCUT2D eigenvalue weighted by molar-refractivity contribution is 0.327. The summed E-state index contributed by atoms with van der Waals surface area (Å²) in [6, 6.07) is 0.801. The third kappa shape index (κ3) is 3.16. The maximum absolute atomic E-state index is 11.8. The molecule has 0 aromatic rings. The Hall–Kier alpha value is -0.150. The second-order valence-electron chi connectivity index (χ2n) is 3.27. The number of hydrogen-bond donors (Lipinski definition) is 2. The van der Waals surface area contributed by atoms with Crippen LogP contribution in [0.5, 0.6) is 0 Å². The molecule has 66 valence electrons. The van der Waals surface area contributed by atoms with Crippen molar-refractivity contribution in [2.24, 2.45) is 5.73 Å². The van der Waals surface area contributed by atoms with Gasteiger partial charge in [0.15, 0.2) is 0 Å². The van der Waals surface area contributed by atoms with E-state index >= 15 is 0 Å². The third-order valence-corrected chi connectivity index (χ3v) is 2.24. The van der Waals surface area contributed by atoms with Gasteiger partial charge in [-0.15, -0.1) is 0 Å². The number of nitrogens with two attached hydrogens (primary N) is 1. The zero-order valence-corrected chi connectivity index (χ0v) is 6.85. The quantitative estimate of drug-likeness (QED) is 0.641. The highest BCUT2D eigenvalue weighted by atomic mass is 19.1. The molecule has 1 fully saturated rings. The molecule has 0 aromatic carbocycles. The molecule has 0 aromatic heterocycles. The van der Waals surface area contributed by atoms with Crippen molar-refractivity contribution in [1.29, 1.82) is 0 Å². The van der Waals surface area contributed by atoms with Gasteiger partial charge in [0, 0.05) is 18.6 Å². The molecule has 1 rings (SSSR count). The Labute approximate surface area is 67.3 Å². The van der Waals surface area contributed by atoms with E-state index in [0.717, 1.165) is 19.3 Å². The Balaban J connectivity index is 2.12. The highest BCUT2D eigenvalue weighted by molar-refractivity contribution is 4.79. The maximum Gasteiger partial charge on any atom is 0.102 e. The van der Waals surface area contributed by atoms with E-state index < -0.39 is 0 Å². The van der Waals surface area contributed by atoms with Crippen LogP contribution in [0.15, 0.2) is 0 Å². The molecule has 3 N–H and O–H groups in total. The van der Waals surface area contributed by atoms with Gasteiger partial charge in [-0.2, -0.15) is 0 Å². The van der Waals surface area contributed by atoms with E-state index in [0.29, 0.717) is 18.6 Å². The van der Waals surface area contributed by atoms with Gasteiger partial charge in [0.2, 0.25) is 0 Å². The van der Waals surface area contributed by atoms with Gasteiger partial charge in [-0.3, -0.25) is 0 Å². The highest BCUT2D eigenvalue weighted by Crippen LogP contribution is 2.16. The van der Waals surface area contributed by atoms with Crippen molar-refractivity contribution in [3.63, 3.8) is 0 Å². The van der Waals surface area contributed by atoms with Crippen molar-refractivity contribution in [3.8, 4) is 0 Å². The lowest BCUT2D eigenvalue weighted by Gasteiger charge is -2.26. The molecule has 1 aliphatic carbocycles. The fraction of sp³-hybridized carbons (Fsp3) is 1.00. The number of nitrogens with one attached hydrogen (secondary N) is 1. The highest BCUT2D eigenvalue weighted by Gasteiger charge is 2.17. The Morgan fingerprint density at radius 3 is 2.91 bits per heavy atom. The van der Waals surface area contributed by atoms with Crippen LogP contribution in [0.1, 0.15) is 25.7 Å². The third-order valence-electron chi connectivity index (χ3n) is 2.24. The first-order valence-corrected chi connectivity index (χ1v) is 4.38. The second-order valence-corrected chi connectivity index (χ2v) is 3.27. The molecule has 1 aliphatic rings. The summed E-state index contributed by atoms with van der Waals surface area (Å²) in [5.74, 6) is 0. The zero-order valence-electron chi connectivity index (χ0n) is 6.85. The monoisotopic (exact) mass is 160 g/mol. The average Bonchev–Trinajstić information content (AvgIpc) is 2.01. The largest absolute Gasteiger partial charge is 0.328 e. The molecule has 0 heterocycles. The zero-order chi connectivity index (χ0) is 8.10. The number of alkyl halides is 1. The average molecular weight is 160 g/mol. The smallest absolute Gasteiger partial charge is 0.102 e. The van der Waals surface area contributed by atoms with Crippen LogP contribution >= 0.6 is 0 Å². The minimum absolute atomic E-state index is 0.272. The molecule has 3 heteroatoms. The van der Waals surface area contributed by atoms with E-state index in [-0.39, 0.29) is 6.67 Å². The van der Waals surface area contributed by atoms with Crippen LogP contribution in [0, 0.1) is 0 Å². The topological polar surface area (TPSA) is 38.0 Å². The van der Waals surface area contributed by atoms with Gasteiger partial charge in [-0.25, -0.2) is 4.39 Å². The van der Waals surface area contributed by atoms with Crippen molar-refractivity contribution in [2.45, 2.75) is 37.8 Å². The van der Waals surface area contributed by atoms with E-state index in [1.165, 1.54) is 6.42 Å². The summed E-state index contributed by atoms with van der Waals surface area (Å²) in [6.07, 6.45) is 4.49. The number of hydrogen-bond acceptors (Lipinski definition) is 2. The van der Waals surface area contributed by atoms with Crippen molar-refractivity contribution in [1.82, 2.24) is 5.32 Å². The summed E-state index contributed by atoms with van der Waals surface area (Å²) in [5.41, 5.74) is 5.76. The molecule has 0 aliphatic heterocycles. The molecule has 2 nitrogen and oxygen atoms in total. The fourth-order valence-electron chi connectivity index (χ4n) is 1.67. The second kappa shape index (κ2) is 4.67. The molecule has 2 atom stereocenters. The molecular weight excluding hydrogens is 143 g/mol. The summed E-state index contributed by atoms with van der Waals surface area (Å²) >= 11 is 0. The summed E-state index contributed by atoms with van der Waals surface area (Å²) < 4.78 is 11.8. The minimum Gasteiger partial charge on any atom is -0.328 e. The van der Waals surface area contributed by atoms with Crippen molar-refractivity contribution < 1.29 is 4.39 Å². The van der Waals surface area contributed by atoms with Gasteiger partial charge in [-0.1, -0.05) is 6.42 Å². The van der Waals surface area contributed by atoms with Crippen LogP contribution < -0.4 is 11.1 Å². The summed E-state index contributed by atoms with van der Waals surface area (Å²) in [5, 5.41) is 3.15. The maximum atomic E-state index is 11.8. The molecule has 0 bridgehead atoms. The van der Waals surface area contributed by atoms with Gasteiger partial charge < -0.3 is 11.1 Å². The SMILES string of the molecule is N[C@H]1CCC[C@H](NCCF)C1. The molecule has 0 spiro atoms. The molecule has 0 amide bonds. The van der Waals surface area contributed by atoms with Crippen LogP contribution in [-0.4, -0.2) is 25.3 Å². The van der Waals surface area contributed by atoms with Crippen molar-refractivity contribution in [3.05, 3.63) is 0 Å². The summed E-state index contributed by atoms with van der Waals surface area (Å²) in [4.78, 5) is 0. The Morgan fingerprint density at radius 2 is 2.27 bits per heavy atom. The van der Waals surface area contributed by atoms with Crippen LogP contribution in [0.25, 0.3) is 0 Å². The first kappa shape index (κ1) is 8.94. The van der Waals surface area contributed by atoms with E-state index in [1.807, 2.05) is 0 Å². The number of halogens is 1. The first-order valence-electron chi connectivity index (χ1n) is 4.38. The van der Waals surface area contributed by atoms with E-state index in [2.05, 4.69) is 5.32 Å². The van der Waals surface area contributed by atoms with E-state index in [1.54, 1.807) is 0 Å². The summed E-state index contributed by atoms with van der Waals surface area (Å²) in [6.45, 7) is 0.211. The molecule has 1 saturated carbocycles. The molecule has 0 radical (unpaired) electrons. The predicted molar refractivity (Wildman–Crippen MR) is 44.2 cm³/mol. The molecule has 0 unspecified atom stereocenters. The van der Waals surface area contributed by atoms with Crippen LogP contribution in [0.2, 0.25) is 0 Å². The van der Waals surface area contributed by atoms with Gasteiger partial charge >= 0.3 is 0 Å². The van der Waals surface area contributed by atoms with Crippen molar-refractivity contribution >= 4 is 0 Å². The van der Waals surface area contributed by atoms with E-state index in [9.17, 15) is 4.39 Å². The lowest BCUT2D eigenvalue weighted by Crippen LogP contribution is -2.40. The predicted octanol–water partition coefficient (Wildman–Crippen LogP) is 0.815. The van der Waals surface area contributed by atoms with Crippen LogP contribution in [-0.2, 0) is 0 Å². The molecule has 0 saturated heterocycles. The molecule has 11 heavy (non-hydrogen) atoms. The van der Waals surface area contributed by atoms with Crippen molar-refractivity contribution in [2.75, 3.05) is 13.2 Å². The first-order chi connectivity index (χ1) is 5.33.